The van der Waals surface area contributed by atoms with Crippen LogP contribution in [-0.2, 0) is 0 Å². The zero-order valence-electron chi connectivity index (χ0n) is 17.0. The highest BCUT2D eigenvalue weighted by Crippen LogP contribution is 2.21. The van der Waals surface area contributed by atoms with Crippen molar-refractivity contribution in [2.45, 2.75) is 25.9 Å². The molecule has 2 atom stereocenters. The Bertz CT molecular complexity index is 616. The van der Waals surface area contributed by atoms with Crippen LogP contribution in [0.25, 0.3) is 0 Å². The number of benzene rings is 1. The van der Waals surface area contributed by atoms with E-state index in [9.17, 15) is 4.39 Å². The van der Waals surface area contributed by atoms with Gasteiger partial charge in [0.15, 0.2) is 17.5 Å². The summed E-state index contributed by atoms with van der Waals surface area (Å²) in [5.74, 6) is 0.649. The molecule has 0 spiro atoms. The van der Waals surface area contributed by atoms with Crippen molar-refractivity contribution in [1.82, 2.24) is 20.4 Å². The van der Waals surface area contributed by atoms with Gasteiger partial charge in [-0.25, -0.2) is 4.39 Å². The minimum atomic E-state index is -0.354. The first-order valence-corrected chi connectivity index (χ1v) is 9.21. The van der Waals surface area contributed by atoms with E-state index in [1.165, 1.54) is 13.2 Å². The third-order valence-electron chi connectivity index (χ3n) is 4.81. The van der Waals surface area contributed by atoms with E-state index in [2.05, 4.69) is 34.5 Å². The van der Waals surface area contributed by atoms with Gasteiger partial charge in [0.2, 0.25) is 0 Å². The molecule has 0 saturated carbocycles. The summed E-state index contributed by atoms with van der Waals surface area (Å²) in [4.78, 5) is 9.44. The highest BCUT2D eigenvalue weighted by molar-refractivity contribution is 14.0. The molecule has 8 heteroatoms. The van der Waals surface area contributed by atoms with Crippen LogP contribution < -0.4 is 15.4 Å². The molecule has 1 aromatic carbocycles. The highest BCUT2D eigenvalue weighted by atomic mass is 127. The molecule has 6 nitrogen and oxygen atoms in total. The molecule has 154 valence electrons. The van der Waals surface area contributed by atoms with Crippen LogP contribution >= 0.6 is 24.0 Å². The Hall–Kier alpha value is -1.13. The molecule has 1 aliphatic rings. The molecule has 2 N–H and O–H groups in total. The minimum absolute atomic E-state index is 0. The number of halogens is 2. The number of hydrogen-bond acceptors (Lipinski definition) is 4. The monoisotopic (exact) mass is 493 g/mol. The fraction of sp³-hybridized carbons (Fsp3) is 0.632. The number of ether oxygens (including phenoxy) is 1. The Morgan fingerprint density at radius 3 is 2.74 bits per heavy atom. The second kappa shape index (κ2) is 11.7. The Morgan fingerprint density at radius 1 is 1.37 bits per heavy atom. The first kappa shape index (κ1) is 23.9. The van der Waals surface area contributed by atoms with Crippen LogP contribution in [0.15, 0.2) is 23.2 Å². The molecule has 0 amide bonds. The molecule has 1 heterocycles. The van der Waals surface area contributed by atoms with E-state index in [-0.39, 0.29) is 41.6 Å². The number of hydrogen-bond donors (Lipinski definition) is 2. The SMILES string of the molecule is CCNC(=NCC1CN(C)CCN1C)NC(C)c1ccc(OC)c(F)c1.I. The maximum Gasteiger partial charge on any atom is 0.191 e. The van der Waals surface area contributed by atoms with Crippen LogP contribution in [0.5, 0.6) is 5.75 Å². The molecule has 27 heavy (non-hydrogen) atoms. The number of methoxy groups -OCH3 is 1. The lowest BCUT2D eigenvalue weighted by Crippen LogP contribution is -2.51. The van der Waals surface area contributed by atoms with E-state index >= 15 is 0 Å². The van der Waals surface area contributed by atoms with Gasteiger partial charge in [-0.05, 0) is 45.6 Å². The lowest BCUT2D eigenvalue weighted by molar-refractivity contribution is 0.119. The predicted octanol–water partition coefficient (Wildman–Crippen LogP) is 2.31. The third-order valence-corrected chi connectivity index (χ3v) is 4.81. The van der Waals surface area contributed by atoms with Crippen LogP contribution in [0.1, 0.15) is 25.5 Å². The molecule has 2 unspecified atom stereocenters. The summed E-state index contributed by atoms with van der Waals surface area (Å²) in [6, 6.07) is 5.36. The summed E-state index contributed by atoms with van der Waals surface area (Å²) in [6.07, 6.45) is 0. The molecule has 2 rings (SSSR count). The molecule has 1 aromatic rings. The van der Waals surface area contributed by atoms with Gasteiger partial charge in [0.1, 0.15) is 0 Å². The average molecular weight is 493 g/mol. The number of piperazine rings is 1. The van der Waals surface area contributed by atoms with Gasteiger partial charge in [-0.15, -0.1) is 24.0 Å². The Labute approximate surface area is 179 Å². The fourth-order valence-corrected chi connectivity index (χ4v) is 3.06. The number of aliphatic imine (C=N–C) groups is 1. The summed E-state index contributed by atoms with van der Waals surface area (Å²) >= 11 is 0. The van der Waals surface area contributed by atoms with Crippen LogP contribution in [-0.4, -0.2) is 75.7 Å². The van der Waals surface area contributed by atoms with Crippen molar-refractivity contribution in [2.75, 3.05) is 53.9 Å². The van der Waals surface area contributed by atoms with Gasteiger partial charge in [0.25, 0.3) is 0 Å². The topological polar surface area (TPSA) is 52.1 Å². The maximum atomic E-state index is 14.0. The van der Waals surface area contributed by atoms with Gasteiger partial charge in [-0.1, -0.05) is 6.07 Å². The number of guanidine groups is 1. The lowest BCUT2D eigenvalue weighted by Gasteiger charge is -2.37. The molecular formula is C19H33FIN5O. The Balaban J connectivity index is 0.00000364. The average Bonchev–Trinajstić information content (AvgIpc) is 2.62. The quantitative estimate of drug-likeness (QED) is 0.362. The lowest BCUT2D eigenvalue weighted by atomic mass is 10.1. The molecule has 0 aliphatic carbocycles. The van der Waals surface area contributed by atoms with Crippen molar-refractivity contribution in [3.05, 3.63) is 29.6 Å². The van der Waals surface area contributed by atoms with E-state index in [1.807, 2.05) is 19.9 Å². The first-order chi connectivity index (χ1) is 12.4. The predicted molar refractivity (Wildman–Crippen MR) is 120 cm³/mol. The first-order valence-electron chi connectivity index (χ1n) is 9.21. The van der Waals surface area contributed by atoms with Crippen molar-refractivity contribution in [3.8, 4) is 5.75 Å². The number of nitrogens with one attached hydrogen (secondary N) is 2. The standard InChI is InChI=1S/C19H32FN5O.HI/c1-6-21-19(22-12-16-13-24(3)9-10-25(16)4)23-14(2)15-7-8-18(26-5)17(20)11-15;/h7-8,11,14,16H,6,9-10,12-13H2,1-5H3,(H2,21,22,23);1H. The van der Waals surface area contributed by atoms with Gasteiger partial charge in [-0.2, -0.15) is 0 Å². The normalized spacial score (nSPS) is 19.9. The molecule has 1 aliphatic heterocycles. The summed E-state index contributed by atoms with van der Waals surface area (Å²) < 4.78 is 18.9. The molecule has 1 saturated heterocycles. The Morgan fingerprint density at radius 2 is 2.11 bits per heavy atom. The molecule has 0 aromatic heterocycles. The van der Waals surface area contributed by atoms with E-state index in [4.69, 9.17) is 9.73 Å². The molecule has 0 radical (unpaired) electrons. The van der Waals surface area contributed by atoms with Crippen LogP contribution in [0.2, 0.25) is 0 Å². The Kier molecular flexibility index (Phi) is 10.3. The highest BCUT2D eigenvalue weighted by Gasteiger charge is 2.22. The van der Waals surface area contributed by atoms with Gasteiger partial charge in [0.05, 0.1) is 19.7 Å². The van der Waals surface area contributed by atoms with Crippen LogP contribution in [0, 0.1) is 5.82 Å². The zero-order chi connectivity index (χ0) is 19.1. The second-order valence-corrected chi connectivity index (χ2v) is 6.88. The fourth-order valence-electron chi connectivity index (χ4n) is 3.06. The summed E-state index contributed by atoms with van der Waals surface area (Å²) in [5.41, 5.74) is 0.850. The van der Waals surface area contributed by atoms with E-state index in [0.29, 0.717) is 6.04 Å². The van der Waals surface area contributed by atoms with E-state index < -0.39 is 0 Å². The smallest absolute Gasteiger partial charge is 0.191 e. The van der Waals surface area contributed by atoms with Gasteiger partial charge in [0, 0.05) is 32.2 Å². The van der Waals surface area contributed by atoms with Crippen LogP contribution in [0.4, 0.5) is 4.39 Å². The third kappa shape index (κ3) is 7.08. The van der Waals surface area contributed by atoms with Crippen molar-refractivity contribution in [3.63, 3.8) is 0 Å². The zero-order valence-corrected chi connectivity index (χ0v) is 19.3. The van der Waals surface area contributed by atoms with E-state index in [0.717, 1.165) is 44.2 Å². The summed E-state index contributed by atoms with van der Waals surface area (Å²) in [6.45, 7) is 8.69. The second-order valence-electron chi connectivity index (χ2n) is 6.88. The number of likely N-dealkylation sites (N-methyl/N-ethyl adjacent to an activating group) is 2. The van der Waals surface area contributed by atoms with Gasteiger partial charge in [-0.3, -0.25) is 9.89 Å². The van der Waals surface area contributed by atoms with Crippen molar-refractivity contribution in [1.29, 1.82) is 0 Å². The largest absolute Gasteiger partial charge is 0.494 e. The summed E-state index contributed by atoms with van der Waals surface area (Å²) in [7, 11) is 5.76. The number of nitrogens with zero attached hydrogens (tertiary/aromatic N) is 3. The van der Waals surface area contributed by atoms with Crippen LogP contribution in [0.3, 0.4) is 0 Å². The van der Waals surface area contributed by atoms with Crippen molar-refractivity contribution >= 4 is 29.9 Å². The summed E-state index contributed by atoms with van der Waals surface area (Å²) in [5, 5.41) is 6.64. The molecule has 0 bridgehead atoms. The van der Waals surface area contributed by atoms with Crippen molar-refractivity contribution in [2.24, 2.45) is 4.99 Å². The van der Waals surface area contributed by atoms with Gasteiger partial charge < -0.3 is 20.3 Å². The van der Waals surface area contributed by atoms with E-state index in [1.54, 1.807) is 6.07 Å². The minimum Gasteiger partial charge on any atom is -0.494 e. The molecule has 1 fully saturated rings. The number of rotatable bonds is 6. The van der Waals surface area contributed by atoms with Crippen molar-refractivity contribution < 1.29 is 9.13 Å². The maximum absolute atomic E-state index is 14.0. The van der Waals surface area contributed by atoms with Gasteiger partial charge >= 0.3 is 0 Å². The molecular weight excluding hydrogens is 460 g/mol.